The third kappa shape index (κ3) is 2.51. The molecule has 2 unspecified atom stereocenters. The maximum atomic E-state index is 12.3. The second kappa shape index (κ2) is 5.59. The van der Waals surface area contributed by atoms with E-state index in [1.807, 2.05) is 30.3 Å². The molecule has 1 aromatic carbocycles. The summed E-state index contributed by atoms with van der Waals surface area (Å²) in [6.45, 7) is 0.135. The fourth-order valence-electron chi connectivity index (χ4n) is 2.88. The number of hydrogen-bond donors (Lipinski definition) is 2. The predicted molar refractivity (Wildman–Crippen MR) is 77.4 cm³/mol. The van der Waals surface area contributed by atoms with Crippen molar-refractivity contribution in [1.29, 1.82) is 0 Å². The Bertz CT molecular complexity index is 627. The summed E-state index contributed by atoms with van der Waals surface area (Å²) in [6.07, 6.45) is 2.97. The molecule has 2 atom stereocenters. The zero-order chi connectivity index (χ0) is 13.9. The summed E-state index contributed by atoms with van der Waals surface area (Å²) in [5.41, 5.74) is 1.26. The first-order chi connectivity index (χ1) is 9.78. The van der Waals surface area contributed by atoms with Crippen molar-refractivity contribution in [2.45, 2.75) is 25.3 Å². The first-order valence-electron chi connectivity index (χ1n) is 7.05. The zero-order valence-electron chi connectivity index (χ0n) is 11.2. The highest BCUT2D eigenvalue weighted by atomic mass is 16.3. The summed E-state index contributed by atoms with van der Waals surface area (Å²) in [6, 6.07) is 11.5. The van der Waals surface area contributed by atoms with E-state index in [1.54, 1.807) is 6.07 Å². The van der Waals surface area contributed by atoms with Gasteiger partial charge in [-0.25, -0.2) is 4.98 Å². The van der Waals surface area contributed by atoms with Crippen LogP contribution in [0, 0.1) is 5.92 Å². The molecule has 104 valence electrons. The molecule has 0 spiro atoms. The Morgan fingerprint density at radius 3 is 2.95 bits per heavy atom. The van der Waals surface area contributed by atoms with E-state index in [0.717, 1.165) is 30.2 Å². The molecular formula is C16H18N2O2. The van der Waals surface area contributed by atoms with Crippen LogP contribution < -0.4 is 5.32 Å². The molecule has 1 amide bonds. The molecule has 4 heteroatoms. The monoisotopic (exact) mass is 270 g/mol. The molecule has 1 saturated carbocycles. The van der Waals surface area contributed by atoms with Crippen LogP contribution in [0.1, 0.15) is 29.8 Å². The summed E-state index contributed by atoms with van der Waals surface area (Å²) < 4.78 is 0. The van der Waals surface area contributed by atoms with Crippen LogP contribution in [-0.2, 0) is 0 Å². The smallest absolute Gasteiger partial charge is 0.270 e. The van der Waals surface area contributed by atoms with Crippen molar-refractivity contribution < 1.29 is 9.90 Å². The lowest BCUT2D eigenvalue weighted by molar-refractivity contribution is 0.0911. The van der Waals surface area contributed by atoms with E-state index < -0.39 is 0 Å². The molecule has 0 bridgehead atoms. The van der Waals surface area contributed by atoms with E-state index in [-0.39, 0.29) is 24.5 Å². The number of pyridine rings is 1. The van der Waals surface area contributed by atoms with E-state index in [1.165, 1.54) is 0 Å². The lowest BCUT2D eigenvalue weighted by Crippen LogP contribution is -2.38. The van der Waals surface area contributed by atoms with Crippen molar-refractivity contribution in [3.63, 3.8) is 0 Å². The Morgan fingerprint density at radius 1 is 1.25 bits per heavy atom. The average molecular weight is 270 g/mol. The van der Waals surface area contributed by atoms with Crippen LogP contribution in [0.2, 0.25) is 0 Å². The summed E-state index contributed by atoms with van der Waals surface area (Å²) in [5.74, 6) is 0.0282. The second-order valence-corrected chi connectivity index (χ2v) is 5.34. The molecule has 1 heterocycles. The SMILES string of the molecule is O=C(NC1CCCC1CO)c1ccc2ccccc2n1. The molecule has 20 heavy (non-hydrogen) atoms. The highest BCUT2D eigenvalue weighted by Gasteiger charge is 2.28. The lowest BCUT2D eigenvalue weighted by atomic mass is 10.0. The number of rotatable bonds is 3. The van der Waals surface area contributed by atoms with Crippen LogP contribution in [0.25, 0.3) is 10.9 Å². The van der Waals surface area contributed by atoms with Gasteiger partial charge in [-0.1, -0.05) is 30.7 Å². The van der Waals surface area contributed by atoms with Gasteiger partial charge < -0.3 is 10.4 Å². The van der Waals surface area contributed by atoms with Gasteiger partial charge in [0, 0.05) is 24.0 Å². The van der Waals surface area contributed by atoms with Crippen molar-refractivity contribution in [2.75, 3.05) is 6.61 Å². The molecule has 0 radical (unpaired) electrons. The van der Waals surface area contributed by atoms with Gasteiger partial charge in [-0.2, -0.15) is 0 Å². The standard InChI is InChI=1S/C16H18N2O2/c19-10-12-5-3-7-14(12)18-16(20)15-9-8-11-4-1-2-6-13(11)17-15/h1-2,4,6,8-9,12,14,19H,3,5,7,10H2,(H,18,20). The number of fused-ring (bicyclic) bond motifs is 1. The first-order valence-corrected chi connectivity index (χ1v) is 7.05. The van der Waals surface area contributed by atoms with Crippen LogP contribution in [0.15, 0.2) is 36.4 Å². The minimum absolute atomic E-state index is 0.0702. The number of aliphatic hydroxyl groups is 1. The Hall–Kier alpha value is -1.94. The Morgan fingerprint density at radius 2 is 2.10 bits per heavy atom. The van der Waals surface area contributed by atoms with Gasteiger partial charge in [0.1, 0.15) is 5.69 Å². The van der Waals surface area contributed by atoms with E-state index in [4.69, 9.17) is 0 Å². The summed E-state index contributed by atoms with van der Waals surface area (Å²) in [5, 5.41) is 13.3. The van der Waals surface area contributed by atoms with Gasteiger partial charge in [-0.3, -0.25) is 4.79 Å². The lowest BCUT2D eigenvalue weighted by Gasteiger charge is -2.18. The van der Waals surface area contributed by atoms with Crippen LogP contribution in [-0.4, -0.2) is 28.6 Å². The van der Waals surface area contributed by atoms with E-state index >= 15 is 0 Å². The fourth-order valence-corrected chi connectivity index (χ4v) is 2.88. The van der Waals surface area contributed by atoms with Crippen molar-refractivity contribution >= 4 is 16.8 Å². The molecule has 4 nitrogen and oxygen atoms in total. The van der Waals surface area contributed by atoms with Gasteiger partial charge in [-0.05, 0) is 25.0 Å². The number of aliphatic hydroxyl groups excluding tert-OH is 1. The molecular weight excluding hydrogens is 252 g/mol. The number of hydrogen-bond acceptors (Lipinski definition) is 3. The summed E-state index contributed by atoms with van der Waals surface area (Å²) >= 11 is 0. The molecule has 3 rings (SSSR count). The van der Waals surface area contributed by atoms with Gasteiger partial charge >= 0.3 is 0 Å². The molecule has 0 saturated heterocycles. The molecule has 0 aliphatic heterocycles. The quantitative estimate of drug-likeness (QED) is 0.898. The van der Waals surface area contributed by atoms with Crippen molar-refractivity contribution in [3.8, 4) is 0 Å². The fraction of sp³-hybridized carbons (Fsp3) is 0.375. The predicted octanol–water partition coefficient (Wildman–Crippen LogP) is 2.13. The van der Waals surface area contributed by atoms with E-state index in [2.05, 4.69) is 10.3 Å². The highest BCUT2D eigenvalue weighted by Crippen LogP contribution is 2.25. The maximum Gasteiger partial charge on any atom is 0.270 e. The number of aromatic nitrogens is 1. The molecule has 1 fully saturated rings. The molecule has 2 aromatic rings. The van der Waals surface area contributed by atoms with Gasteiger partial charge in [0.05, 0.1) is 5.52 Å². The van der Waals surface area contributed by atoms with Gasteiger partial charge in [0.2, 0.25) is 0 Å². The van der Waals surface area contributed by atoms with Crippen LogP contribution >= 0.6 is 0 Å². The van der Waals surface area contributed by atoms with Crippen molar-refractivity contribution in [2.24, 2.45) is 5.92 Å². The minimum Gasteiger partial charge on any atom is -0.396 e. The number of carbonyl (C=O) groups is 1. The number of nitrogens with zero attached hydrogens (tertiary/aromatic N) is 1. The van der Waals surface area contributed by atoms with Gasteiger partial charge in [0.15, 0.2) is 0 Å². The van der Waals surface area contributed by atoms with Gasteiger partial charge in [0.25, 0.3) is 5.91 Å². The number of para-hydroxylation sites is 1. The average Bonchev–Trinajstić information content (AvgIpc) is 2.94. The van der Waals surface area contributed by atoms with Crippen molar-refractivity contribution in [1.82, 2.24) is 10.3 Å². The zero-order valence-corrected chi connectivity index (χ0v) is 11.2. The topological polar surface area (TPSA) is 62.2 Å². The molecule has 1 aromatic heterocycles. The third-order valence-electron chi connectivity index (χ3n) is 4.04. The number of nitrogens with one attached hydrogen (secondary N) is 1. The Kier molecular flexibility index (Phi) is 3.65. The second-order valence-electron chi connectivity index (χ2n) is 5.34. The van der Waals surface area contributed by atoms with Crippen LogP contribution in [0.5, 0.6) is 0 Å². The summed E-state index contributed by atoms with van der Waals surface area (Å²) in [7, 11) is 0. The minimum atomic E-state index is -0.152. The van der Waals surface area contributed by atoms with Crippen molar-refractivity contribution in [3.05, 3.63) is 42.1 Å². The van der Waals surface area contributed by atoms with Crippen LogP contribution in [0.4, 0.5) is 0 Å². The number of benzene rings is 1. The summed E-state index contributed by atoms with van der Waals surface area (Å²) in [4.78, 5) is 16.6. The van der Waals surface area contributed by atoms with E-state index in [0.29, 0.717) is 5.69 Å². The van der Waals surface area contributed by atoms with Crippen LogP contribution in [0.3, 0.4) is 0 Å². The number of amides is 1. The Labute approximate surface area is 117 Å². The maximum absolute atomic E-state index is 12.3. The van der Waals surface area contributed by atoms with E-state index in [9.17, 15) is 9.90 Å². The normalized spacial score (nSPS) is 22.1. The first kappa shape index (κ1) is 13.1. The Balaban J connectivity index is 1.78. The third-order valence-corrected chi connectivity index (χ3v) is 4.04. The number of carbonyl (C=O) groups excluding carboxylic acids is 1. The largest absolute Gasteiger partial charge is 0.396 e. The highest BCUT2D eigenvalue weighted by molar-refractivity contribution is 5.95. The molecule has 2 N–H and O–H groups in total. The molecule has 1 aliphatic rings. The van der Waals surface area contributed by atoms with Gasteiger partial charge in [-0.15, -0.1) is 0 Å². The molecule has 1 aliphatic carbocycles.